The second-order valence-corrected chi connectivity index (χ2v) is 5.54. The summed E-state index contributed by atoms with van der Waals surface area (Å²) < 4.78 is 10.7. The number of ether oxygens (including phenoxy) is 2. The summed E-state index contributed by atoms with van der Waals surface area (Å²) in [5, 5.41) is 9.69. The van der Waals surface area contributed by atoms with Gasteiger partial charge < -0.3 is 14.6 Å². The fraction of sp³-hybridized carbons (Fsp3) is 0.562. The molecule has 0 amide bonds. The number of carboxylic acids is 1. The molecule has 1 aliphatic heterocycles. The quantitative estimate of drug-likeness (QED) is 0.904. The Bertz CT molecular complexity index is 495. The molecule has 1 saturated heterocycles. The minimum Gasteiger partial charge on any atom is -0.493 e. The first-order valence-electron chi connectivity index (χ1n) is 7.26. The molecule has 1 fully saturated rings. The van der Waals surface area contributed by atoms with Crippen LogP contribution in [0.15, 0.2) is 18.2 Å². The van der Waals surface area contributed by atoms with Crippen molar-refractivity contribution in [3.8, 4) is 11.5 Å². The lowest BCUT2D eigenvalue weighted by Crippen LogP contribution is -2.39. The molecule has 1 aliphatic rings. The Hall–Kier alpha value is -1.75. The van der Waals surface area contributed by atoms with Crippen LogP contribution in [-0.2, 0) is 4.79 Å². The van der Waals surface area contributed by atoms with E-state index in [-0.39, 0.29) is 0 Å². The highest BCUT2D eigenvalue weighted by Gasteiger charge is 2.33. The van der Waals surface area contributed by atoms with Crippen molar-refractivity contribution < 1.29 is 19.4 Å². The molecule has 2 rings (SSSR count). The molecule has 1 unspecified atom stereocenters. The van der Waals surface area contributed by atoms with Crippen LogP contribution in [0, 0.1) is 5.92 Å². The maximum atomic E-state index is 11.8. The number of benzene rings is 1. The number of carbonyl (C=O) groups is 1. The number of nitrogens with zero attached hydrogens (tertiary/aromatic N) is 1. The number of aliphatic carboxylic acids is 1. The van der Waals surface area contributed by atoms with Gasteiger partial charge in [0.05, 0.1) is 14.2 Å². The summed E-state index contributed by atoms with van der Waals surface area (Å²) in [4.78, 5) is 13.8. The topological polar surface area (TPSA) is 59.0 Å². The molecule has 1 N–H and O–H groups in total. The summed E-state index contributed by atoms with van der Waals surface area (Å²) in [5.41, 5.74) is 0.652. The average Bonchev–Trinajstić information content (AvgIpc) is 2.48. The van der Waals surface area contributed by atoms with Gasteiger partial charge in [0.1, 0.15) is 6.04 Å². The number of rotatable bonds is 5. The lowest BCUT2D eigenvalue weighted by molar-refractivity contribution is -0.144. The zero-order valence-corrected chi connectivity index (χ0v) is 12.8. The van der Waals surface area contributed by atoms with Crippen molar-refractivity contribution in [1.29, 1.82) is 0 Å². The highest BCUT2D eigenvalue weighted by atomic mass is 16.5. The molecule has 0 spiro atoms. The van der Waals surface area contributed by atoms with Gasteiger partial charge >= 0.3 is 5.97 Å². The number of carboxylic acid groups (broad SMARTS) is 1. The molecular weight excluding hydrogens is 270 g/mol. The highest BCUT2D eigenvalue weighted by molar-refractivity contribution is 5.77. The van der Waals surface area contributed by atoms with Gasteiger partial charge in [0.2, 0.25) is 0 Å². The molecule has 0 saturated carbocycles. The predicted molar refractivity (Wildman–Crippen MR) is 79.9 cm³/mol. The van der Waals surface area contributed by atoms with Crippen molar-refractivity contribution in [2.75, 3.05) is 27.3 Å². The first-order valence-corrected chi connectivity index (χ1v) is 7.26. The molecule has 1 aromatic carbocycles. The van der Waals surface area contributed by atoms with Gasteiger partial charge in [0.25, 0.3) is 0 Å². The number of hydrogen-bond donors (Lipinski definition) is 1. The Kier molecular flexibility index (Phi) is 5.07. The van der Waals surface area contributed by atoms with E-state index in [0.29, 0.717) is 23.0 Å². The molecule has 21 heavy (non-hydrogen) atoms. The number of likely N-dealkylation sites (tertiary alicyclic amines) is 1. The van der Waals surface area contributed by atoms with Crippen molar-refractivity contribution in [3.63, 3.8) is 0 Å². The third-order valence-electron chi connectivity index (χ3n) is 4.15. The molecule has 5 heteroatoms. The van der Waals surface area contributed by atoms with Gasteiger partial charge in [-0.15, -0.1) is 0 Å². The van der Waals surface area contributed by atoms with Crippen LogP contribution in [0.3, 0.4) is 0 Å². The second-order valence-electron chi connectivity index (χ2n) is 5.54. The van der Waals surface area contributed by atoms with Gasteiger partial charge in [0, 0.05) is 5.56 Å². The summed E-state index contributed by atoms with van der Waals surface area (Å²) in [5.74, 6) is 0.872. The minimum absolute atomic E-state index is 0.506. The first-order chi connectivity index (χ1) is 10.1. The molecular formula is C16H23NO4. The van der Waals surface area contributed by atoms with Gasteiger partial charge in [0.15, 0.2) is 11.5 Å². The molecule has 1 aromatic rings. The molecule has 1 atom stereocenters. The molecule has 116 valence electrons. The fourth-order valence-electron chi connectivity index (χ4n) is 2.90. The van der Waals surface area contributed by atoms with Crippen LogP contribution >= 0.6 is 0 Å². The van der Waals surface area contributed by atoms with Gasteiger partial charge in [-0.05, 0) is 37.9 Å². The number of hydrogen-bond acceptors (Lipinski definition) is 4. The van der Waals surface area contributed by atoms with Crippen molar-refractivity contribution in [1.82, 2.24) is 4.90 Å². The average molecular weight is 293 g/mol. The Morgan fingerprint density at radius 3 is 2.48 bits per heavy atom. The summed E-state index contributed by atoms with van der Waals surface area (Å²) in [6.07, 6.45) is 2.05. The summed E-state index contributed by atoms with van der Waals surface area (Å²) in [7, 11) is 3.10. The Morgan fingerprint density at radius 1 is 1.29 bits per heavy atom. The van der Waals surface area contributed by atoms with Crippen LogP contribution in [0.25, 0.3) is 0 Å². The normalized spacial score (nSPS) is 18.2. The lowest BCUT2D eigenvalue weighted by Gasteiger charge is -2.35. The third-order valence-corrected chi connectivity index (χ3v) is 4.15. The molecule has 0 aromatic heterocycles. The van der Waals surface area contributed by atoms with Crippen molar-refractivity contribution >= 4 is 5.97 Å². The van der Waals surface area contributed by atoms with Crippen LogP contribution in [0.2, 0.25) is 0 Å². The van der Waals surface area contributed by atoms with Gasteiger partial charge in [-0.2, -0.15) is 0 Å². The molecule has 0 aliphatic carbocycles. The molecule has 0 radical (unpaired) electrons. The monoisotopic (exact) mass is 293 g/mol. The van der Waals surface area contributed by atoms with E-state index in [1.54, 1.807) is 32.4 Å². The third kappa shape index (κ3) is 3.29. The first kappa shape index (κ1) is 15.6. The largest absolute Gasteiger partial charge is 0.493 e. The number of para-hydroxylation sites is 1. The Labute approximate surface area is 125 Å². The standard InChI is InChI=1S/C16H23NO4/c1-11-7-9-17(10-8-11)14(16(18)19)12-5-4-6-13(20-2)15(12)21-3/h4-6,11,14H,7-10H2,1-3H3,(H,18,19). The lowest BCUT2D eigenvalue weighted by atomic mass is 9.95. The number of methoxy groups -OCH3 is 2. The second kappa shape index (κ2) is 6.80. The van der Waals surface area contributed by atoms with Crippen molar-refractivity contribution in [2.24, 2.45) is 5.92 Å². The Morgan fingerprint density at radius 2 is 1.95 bits per heavy atom. The highest BCUT2D eigenvalue weighted by Crippen LogP contribution is 2.38. The van der Waals surface area contributed by atoms with Crippen LogP contribution in [-0.4, -0.2) is 43.3 Å². The predicted octanol–water partition coefficient (Wildman–Crippen LogP) is 2.56. The van der Waals surface area contributed by atoms with E-state index >= 15 is 0 Å². The van der Waals surface area contributed by atoms with Crippen molar-refractivity contribution in [3.05, 3.63) is 23.8 Å². The number of piperidine rings is 1. The van der Waals surface area contributed by atoms with Crippen LogP contribution in [0.4, 0.5) is 0 Å². The minimum atomic E-state index is -0.851. The summed E-state index contributed by atoms with van der Waals surface area (Å²) >= 11 is 0. The SMILES string of the molecule is COc1cccc(C(C(=O)O)N2CCC(C)CC2)c1OC. The van der Waals surface area contributed by atoms with E-state index in [1.807, 2.05) is 4.90 Å². The van der Waals surface area contributed by atoms with E-state index in [1.165, 1.54) is 0 Å². The van der Waals surface area contributed by atoms with E-state index < -0.39 is 12.0 Å². The van der Waals surface area contributed by atoms with Crippen LogP contribution in [0.1, 0.15) is 31.4 Å². The maximum absolute atomic E-state index is 11.8. The Balaban J connectivity index is 2.37. The summed E-state index contributed by atoms with van der Waals surface area (Å²) in [6, 6.07) is 4.69. The van der Waals surface area contributed by atoms with Crippen LogP contribution < -0.4 is 9.47 Å². The molecule has 5 nitrogen and oxygen atoms in total. The molecule has 0 bridgehead atoms. The van der Waals surface area contributed by atoms with Crippen LogP contribution in [0.5, 0.6) is 11.5 Å². The maximum Gasteiger partial charge on any atom is 0.325 e. The summed E-state index contributed by atoms with van der Waals surface area (Å²) in [6.45, 7) is 3.79. The smallest absolute Gasteiger partial charge is 0.325 e. The van der Waals surface area contributed by atoms with E-state index in [9.17, 15) is 9.90 Å². The van der Waals surface area contributed by atoms with E-state index in [2.05, 4.69) is 6.92 Å². The van der Waals surface area contributed by atoms with Gasteiger partial charge in [-0.25, -0.2) is 0 Å². The fourth-order valence-corrected chi connectivity index (χ4v) is 2.90. The zero-order chi connectivity index (χ0) is 15.4. The van der Waals surface area contributed by atoms with Gasteiger partial charge in [-0.1, -0.05) is 19.1 Å². The zero-order valence-electron chi connectivity index (χ0n) is 12.8. The van der Waals surface area contributed by atoms with E-state index in [4.69, 9.17) is 9.47 Å². The van der Waals surface area contributed by atoms with Crippen molar-refractivity contribution in [2.45, 2.75) is 25.8 Å². The van der Waals surface area contributed by atoms with Gasteiger partial charge in [-0.3, -0.25) is 9.69 Å². The van der Waals surface area contributed by atoms with E-state index in [0.717, 1.165) is 25.9 Å². The molecule has 1 heterocycles.